The van der Waals surface area contributed by atoms with Gasteiger partial charge in [0.05, 0.1) is 19.3 Å². The zero-order valence-corrected chi connectivity index (χ0v) is 10.4. The molecule has 3 nitrogen and oxygen atoms in total. The van der Waals surface area contributed by atoms with E-state index in [0.717, 1.165) is 17.2 Å². The second-order valence-corrected chi connectivity index (χ2v) is 4.08. The molecule has 0 unspecified atom stereocenters. The van der Waals surface area contributed by atoms with E-state index in [9.17, 15) is 9.18 Å². The fourth-order valence-corrected chi connectivity index (χ4v) is 1.79. The Labute approximate surface area is 110 Å². The van der Waals surface area contributed by atoms with Crippen molar-refractivity contribution < 1.29 is 19.0 Å². The van der Waals surface area contributed by atoms with E-state index in [1.165, 1.54) is 13.2 Å². The lowest BCUT2D eigenvalue weighted by atomic mass is 10.0. The molecule has 0 atom stereocenters. The van der Waals surface area contributed by atoms with E-state index >= 15 is 0 Å². The third kappa shape index (κ3) is 2.98. The quantitative estimate of drug-likeness (QED) is 0.863. The van der Waals surface area contributed by atoms with Crippen molar-refractivity contribution in [1.29, 1.82) is 0 Å². The van der Waals surface area contributed by atoms with Crippen LogP contribution >= 0.6 is 0 Å². The minimum absolute atomic E-state index is 0.0448. The third-order valence-electron chi connectivity index (χ3n) is 2.79. The fraction of sp³-hybridized carbons (Fsp3) is 0.133. The minimum atomic E-state index is -0.576. The molecule has 0 radical (unpaired) electrons. The van der Waals surface area contributed by atoms with Gasteiger partial charge in [0, 0.05) is 0 Å². The van der Waals surface area contributed by atoms with Crippen LogP contribution < -0.4 is 0 Å². The summed E-state index contributed by atoms with van der Waals surface area (Å²) in [5.74, 6) is -1.07. The number of aliphatic hydroxyl groups is 1. The average Bonchev–Trinajstić information content (AvgIpc) is 2.45. The van der Waals surface area contributed by atoms with Gasteiger partial charge >= 0.3 is 5.97 Å². The van der Waals surface area contributed by atoms with Gasteiger partial charge in [0.1, 0.15) is 5.82 Å². The van der Waals surface area contributed by atoms with Crippen LogP contribution in [0.5, 0.6) is 0 Å². The number of methoxy groups -OCH3 is 1. The van der Waals surface area contributed by atoms with Crippen LogP contribution in [0.3, 0.4) is 0 Å². The predicted molar refractivity (Wildman–Crippen MR) is 69.1 cm³/mol. The Balaban J connectivity index is 2.43. The Morgan fingerprint density at radius 2 is 1.84 bits per heavy atom. The number of hydrogen-bond donors (Lipinski definition) is 1. The largest absolute Gasteiger partial charge is 0.465 e. The number of aliphatic hydroxyl groups excluding tert-OH is 1. The van der Waals surface area contributed by atoms with Gasteiger partial charge < -0.3 is 9.84 Å². The van der Waals surface area contributed by atoms with E-state index in [-0.39, 0.29) is 12.2 Å². The number of halogens is 1. The zero-order valence-electron chi connectivity index (χ0n) is 10.4. The van der Waals surface area contributed by atoms with Crippen molar-refractivity contribution in [2.45, 2.75) is 6.61 Å². The number of rotatable bonds is 3. The monoisotopic (exact) mass is 260 g/mol. The van der Waals surface area contributed by atoms with Gasteiger partial charge in [-0.2, -0.15) is 0 Å². The number of benzene rings is 2. The van der Waals surface area contributed by atoms with Crippen molar-refractivity contribution in [1.82, 2.24) is 0 Å². The van der Waals surface area contributed by atoms with Crippen LogP contribution in [-0.4, -0.2) is 18.2 Å². The molecule has 0 heterocycles. The lowest BCUT2D eigenvalue weighted by molar-refractivity contribution is 0.0600. The maximum Gasteiger partial charge on any atom is 0.337 e. The Morgan fingerprint density at radius 3 is 2.42 bits per heavy atom. The van der Waals surface area contributed by atoms with Crippen molar-refractivity contribution in [3.05, 3.63) is 59.4 Å². The first-order valence-corrected chi connectivity index (χ1v) is 5.73. The molecule has 0 bridgehead atoms. The highest BCUT2D eigenvalue weighted by Gasteiger charge is 2.10. The Kier molecular flexibility index (Phi) is 3.92. The summed E-state index contributed by atoms with van der Waals surface area (Å²) in [6.07, 6.45) is 0. The summed E-state index contributed by atoms with van der Waals surface area (Å²) in [6.45, 7) is -0.0448. The first-order valence-electron chi connectivity index (χ1n) is 5.73. The molecule has 0 aliphatic carbocycles. The van der Waals surface area contributed by atoms with Gasteiger partial charge in [-0.25, -0.2) is 9.18 Å². The summed E-state index contributed by atoms with van der Waals surface area (Å²) >= 11 is 0. The van der Waals surface area contributed by atoms with Crippen molar-refractivity contribution in [2.24, 2.45) is 0 Å². The number of carbonyl (C=O) groups excluding carboxylic acids is 1. The molecule has 0 amide bonds. The maximum atomic E-state index is 13.5. The molecule has 19 heavy (non-hydrogen) atoms. The normalized spacial score (nSPS) is 10.3. The highest BCUT2D eigenvalue weighted by Crippen LogP contribution is 2.23. The lowest BCUT2D eigenvalue weighted by Gasteiger charge is -2.06. The van der Waals surface area contributed by atoms with Gasteiger partial charge in [-0.05, 0) is 34.9 Å². The molecule has 0 saturated heterocycles. The van der Waals surface area contributed by atoms with Crippen LogP contribution in [0.4, 0.5) is 4.39 Å². The topological polar surface area (TPSA) is 46.5 Å². The highest BCUT2D eigenvalue weighted by atomic mass is 19.1. The van der Waals surface area contributed by atoms with Crippen LogP contribution in [0.25, 0.3) is 11.1 Å². The predicted octanol–water partition coefficient (Wildman–Crippen LogP) is 2.77. The average molecular weight is 260 g/mol. The molecule has 0 aliphatic heterocycles. The molecular weight excluding hydrogens is 247 g/mol. The third-order valence-corrected chi connectivity index (χ3v) is 2.79. The molecule has 98 valence electrons. The molecule has 0 fully saturated rings. The van der Waals surface area contributed by atoms with Gasteiger partial charge in [-0.1, -0.05) is 24.3 Å². The molecule has 0 spiro atoms. The van der Waals surface area contributed by atoms with Crippen LogP contribution in [0.1, 0.15) is 15.9 Å². The fourth-order valence-electron chi connectivity index (χ4n) is 1.79. The summed E-state index contributed by atoms with van der Waals surface area (Å²) in [7, 11) is 1.25. The van der Waals surface area contributed by atoms with Crippen LogP contribution in [0.15, 0.2) is 42.5 Å². The second kappa shape index (κ2) is 5.63. The molecule has 2 aromatic carbocycles. The molecule has 2 rings (SSSR count). The Hall–Kier alpha value is -2.20. The summed E-state index contributed by atoms with van der Waals surface area (Å²) in [6, 6.07) is 11.1. The van der Waals surface area contributed by atoms with Gasteiger partial charge in [0.2, 0.25) is 0 Å². The first-order chi connectivity index (χ1) is 9.13. The molecule has 0 saturated carbocycles. The Bertz CT molecular complexity index is 591. The first kappa shape index (κ1) is 13.2. The number of carbonyl (C=O) groups is 1. The molecule has 0 aliphatic rings. The van der Waals surface area contributed by atoms with E-state index < -0.39 is 11.8 Å². The van der Waals surface area contributed by atoms with E-state index in [4.69, 9.17) is 5.11 Å². The van der Waals surface area contributed by atoms with E-state index in [1.807, 2.05) is 0 Å². The molecule has 0 aromatic heterocycles. The van der Waals surface area contributed by atoms with Gasteiger partial charge in [-0.15, -0.1) is 0 Å². The van der Waals surface area contributed by atoms with Crippen LogP contribution in [0.2, 0.25) is 0 Å². The van der Waals surface area contributed by atoms with Crippen LogP contribution in [-0.2, 0) is 11.3 Å². The molecule has 2 aromatic rings. The number of esters is 1. The second-order valence-electron chi connectivity index (χ2n) is 4.08. The van der Waals surface area contributed by atoms with Gasteiger partial charge in [0.15, 0.2) is 0 Å². The van der Waals surface area contributed by atoms with Crippen LogP contribution in [0, 0.1) is 5.82 Å². The van der Waals surface area contributed by atoms with E-state index in [1.54, 1.807) is 30.3 Å². The summed E-state index contributed by atoms with van der Waals surface area (Å²) in [5.41, 5.74) is 2.30. The zero-order chi connectivity index (χ0) is 13.8. The van der Waals surface area contributed by atoms with Crippen molar-refractivity contribution in [2.75, 3.05) is 7.11 Å². The SMILES string of the molecule is COC(=O)c1cc(F)cc(-c2ccc(CO)cc2)c1. The van der Waals surface area contributed by atoms with Crippen molar-refractivity contribution in [3.63, 3.8) is 0 Å². The standard InChI is InChI=1S/C15H13FO3/c1-19-15(18)13-6-12(7-14(16)8-13)11-4-2-10(9-17)3-5-11/h2-8,17H,9H2,1H3. The smallest absolute Gasteiger partial charge is 0.337 e. The molecular formula is C15H13FO3. The Morgan fingerprint density at radius 1 is 1.16 bits per heavy atom. The number of hydrogen-bond acceptors (Lipinski definition) is 3. The number of ether oxygens (including phenoxy) is 1. The van der Waals surface area contributed by atoms with E-state index in [2.05, 4.69) is 4.74 Å². The van der Waals surface area contributed by atoms with Gasteiger partial charge in [-0.3, -0.25) is 0 Å². The van der Waals surface area contributed by atoms with Crippen molar-refractivity contribution in [3.8, 4) is 11.1 Å². The van der Waals surface area contributed by atoms with Crippen molar-refractivity contribution >= 4 is 5.97 Å². The van der Waals surface area contributed by atoms with Gasteiger partial charge in [0.25, 0.3) is 0 Å². The summed E-state index contributed by atoms with van der Waals surface area (Å²) in [5, 5.41) is 8.97. The van der Waals surface area contributed by atoms with E-state index in [0.29, 0.717) is 5.56 Å². The minimum Gasteiger partial charge on any atom is -0.465 e. The highest BCUT2D eigenvalue weighted by molar-refractivity contribution is 5.91. The molecule has 1 N–H and O–H groups in total. The maximum absolute atomic E-state index is 13.5. The molecule has 4 heteroatoms. The summed E-state index contributed by atoms with van der Waals surface area (Å²) in [4.78, 5) is 11.4. The summed E-state index contributed by atoms with van der Waals surface area (Å²) < 4.78 is 18.1. The lowest BCUT2D eigenvalue weighted by Crippen LogP contribution is -2.02.